The van der Waals surface area contributed by atoms with Crippen molar-refractivity contribution in [3.8, 4) is 6.07 Å². The molecule has 0 aromatic heterocycles. The summed E-state index contributed by atoms with van der Waals surface area (Å²) in [5.74, 6) is 0. The highest BCUT2D eigenvalue weighted by Crippen LogP contribution is 2.07. The van der Waals surface area contributed by atoms with Crippen LogP contribution in [0.15, 0.2) is 0 Å². The van der Waals surface area contributed by atoms with Crippen LogP contribution in [0.25, 0.3) is 0 Å². The molecule has 3 nitrogen and oxygen atoms in total. The zero-order valence-electron chi connectivity index (χ0n) is 6.79. The van der Waals surface area contributed by atoms with Gasteiger partial charge in [0.25, 0.3) is 0 Å². The maximum Gasteiger partial charge on any atom is 0.0940 e. The minimum absolute atomic E-state index is 0.268. The van der Waals surface area contributed by atoms with Gasteiger partial charge in [-0.2, -0.15) is 5.26 Å². The maximum atomic E-state index is 8.42. The Morgan fingerprint density at radius 3 is 2.64 bits per heavy atom. The first kappa shape index (κ1) is 8.51. The quantitative estimate of drug-likeness (QED) is 0.635. The van der Waals surface area contributed by atoms with E-state index in [0.717, 1.165) is 13.0 Å². The summed E-state index contributed by atoms with van der Waals surface area (Å²) in [7, 11) is 0. The van der Waals surface area contributed by atoms with E-state index in [0.29, 0.717) is 0 Å². The zero-order chi connectivity index (χ0) is 8.10. The molecule has 1 saturated heterocycles. The first-order valence-corrected chi connectivity index (χ1v) is 4.20. The summed E-state index contributed by atoms with van der Waals surface area (Å²) in [4.78, 5) is 2.37. The van der Waals surface area contributed by atoms with Crippen LogP contribution < -0.4 is 5.73 Å². The lowest BCUT2D eigenvalue weighted by molar-refractivity contribution is 0.329. The van der Waals surface area contributed by atoms with Crippen molar-refractivity contribution in [3.63, 3.8) is 0 Å². The molecule has 1 rings (SSSR count). The Labute approximate surface area is 67.8 Å². The van der Waals surface area contributed by atoms with Gasteiger partial charge in [-0.05, 0) is 32.4 Å². The average molecular weight is 153 g/mol. The van der Waals surface area contributed by atoms with Crippen molar-refractivity contribution in [2.24, 2.45) is 5.73 Å². The monoisotopic (exact) mass is 153 g/mol. The van der Waals surface area contributed by atoms with Crippen LogP contribution in [0.4, 0.5) is 0 Å². The van der Waals surface area contributed by atoms with Crippen LogP contribution in [0, 0.1) is 11.3 Å². The van der Waals surface area contributed by atoms with Gasteiger partial charge in [0.15, 0.2) is 0 Å². The minimum Gasteiger partial charge on any atom is -0.316 e. The molecule has 0 aliphatic carbocycles. The van der Waals surface area contributed by atoms with Crippen LogP contribution in [0.1, 0.15) is 19.3 Å². The molecule has 3 heteroatoms. The van der Waals surface area contributed by atoms with Gasteiger partial charge in [0.05, 0.1) is 12.1 Å². The predicted molar refractivity (Wildman–Crippen MR) is 43.9 cm³/mol. The number of nitriles is 1. The number of nitrogens with zero attached hydrogens (tertiary/aromatic N) is 2. The van der Waals surface area contributed by atoms with Crippen LogP contribution in [0.3, 0.4) is 0 Å². The van der Waals surface area contributed by atoms with Gasteiger partial charge in [-0.15, -0.1) is 0 Å². The van der Waals surface area contributed by atoms with Crippen molar-refractivity contribution in [3.05, 3.63) is 0 Å². The van der Waals surface area contributed by atoms with Crippen LogP contribution in [0.2, 0.25) is 0 Å². The molecule has 1 aliphatic heterocycles. The van der Waals surface area contributed by atoms with Gasteiger partial charge >= 0.3 is 0 Å². The van der Waals surface area contributed by atoms with E-state index in [4.69, 9.17) is 11.0 Å². The highest BCUT2D eigenvalue weighted by molar-refractivity contribution is 4.87. The second kappa shape index (κ2) is 4.32. The molecule has 0 unspecified atom stereocenters. The van der Waals surface area contributed by atoms with Gasteiger partial charge in [0.2, 0.25) is 0 Å². The van der Waals surface area contributed by atoms with E-state index in [1.807, 2.05) is 6.07 Å². The number of rotatable bonds is 3. The molecule has 0 aromatic rings. The van der Waals surface area contributed by atoms with E-state index in [1.165, 1.54) is 25.9 Å². The SMILES string of the molecule is N#C[C@@H](N)CCN1CCCC1. The van der Waals surface area contributed by atoms with Crippen molar-refractivity contribution in [1.82, 2.24) is 4.90 Å². The maximum absolute atomic E-state index is 8.42. The molecule has 0 saturated carbocycles. The first-order valence-electron chi connectivity index (χ1n) is 4.20. The Hall–Kier alpha value is -0.590. The molecular formula is C8H15N3. The predicted octanol–water partition coefficient (Wildman–Crippen LogP) is 0.323. The van der Waals surface area contributed by atoms with Crippen LogP contribution in [-0.4, -0.2) is 30.6 Å². The summed E-state index contributed by atoms with van der Waals surface area (Å²) >= 11 is 0. The molecule has 0 radical (unpaired) electrons. The lowest BCUT2D eigenvalue weighted by atomic mass is 10.2. The third-order valence-electron chi connectivity index (χ3n) is 2.12. The van der Waals surface area contributed by atoms with Crippen LogP contribution in [0.5, 0.6) is 0 Å². The molecule has 1 atom stereocenters. The van der Waals surface area contributed by atoms with Crippen molar-refractivity contribution in [2.75, 3.05) is 19.6 Å². The van der Waals surface area contributed by atoms with Crippen LogP contribution >= 0.6 is 0 Å². The normalized spacial score (nSPS) is 21.5. The molecule has 2 N–H and O–H groups in total. The second-order valence-electron chi connectivity index (χ2n) is 3.07. The molecule has 0 amide bonds. The van der Waals surface area contributed by atoms with Gasteiger partial charge in [0.1, 0.15) is 0 Å². The Morgan fingerprint density at radius 2 is 2.09 bits per heavy atom. The van der Waals surface area contributed by atoms with Crippen molar-refractivity contribution < 1.29 is 0 Å². The largest absolute Gasteiger partial charge is 0.316 e. The van der Waals surface area contributed by atoms with E-state index < -0.39 is 0 Å². The van der Waals surface area contributed by atoms with E-state index >= 15 is 0 Å². The Kier molecular flexibility index (Phi) is 3.34. The molecule has 1 fully saturated rings. The first-order chi connectivity index (χ1) is 5.33. The van der Waals surface area contributed by atoms with E-state index in [-0.39, 0.29) is 6.04 Å². The molecule has 11 heavy (non-hydrogen) atoms. The summed E-state index contributed by atoms with van der Waals surface area (Å²) in [6.07, 6.45) is 3.43. The summed E-state index contributed by atoms with van der Waals surface area (Å²) < 4.78 is 0. The van der Waals surface area contributed by atoms with Crippen molar-refractivity contribution >= 4 is 0 Å². The fourth-order valence-electron chi connectivity index (χ4n) is 1.39. The highest BCUT2D eigenvalue weighted by Gasteiger charge is 2.11. The zero-order valence-corrected chi connectivity index (χ0v) is 6.79. The highest BCUT2D eigenvalue weighted by atomic mass is 15.1. The van der Waals surface area contributed by atoms with Gasteiger partial charge in [0, 0.05) is 6.54 Å². The smallest absolute Gasteiger partial charge is 0.0940 e. The fraction of sp³-hybridized carbons (Fsp3) is 0.875. The lowest BCUT2D eigenvalue weighted by Crippen LogP contribution is -2.27. The van der Waals surface area contributed by atoms with Gasteiger partial charge in [-0.1, -0.05) is 0 Å². The van der Waals surface area contributed by atoms with Crippen molar-refractivity contribution in [2.45, 2.75) is 25.3 Å². The van der Waals surface area contributed by atoms with Gasteiger partial charge in [-0.25, -0.2) is 0 Å². The molecule has 1 heterocycles. The number of hydrogen-bond acceptors (Lipinski definition) is 3. The van der Waals surface area contributed by atoms with E-state index in [2.05, 4.69) is 4.90 Å². The molecule has 0 aromatic carbocycles. The summed E-state index contributed by atoms with van der Waals surface area (Å²) in [6.45, 7) is 3.38. The number of likely N-dealkylation sites (tertiary alicyclic amines) is 1. The lowest BCUT2D eigenvalue weighted by Gasteiger charge is -2.14. The summed E-state index contributed by atoms with van der Waals surface area (Å²) in [6, 6.07) is 1.77. The minimum atomic E-state index is -0.268. The number of hydrogen-bond donors (Lipinski definition) is 1. The third-order valence-corrected chi connectivity index (χ3v) is 2.12. The van der Waals surface area contributed by atoms with E-state index in [9.17, 15) is 0 Å². The molecule has 0 bridgehead atoms. The van der Waals surface area contributed by atoms with Gasteiger partial charge in [-0.3, -0.25) is 0 Å². The molecule has 62 valence electrons. The fourth-order valence-corrected chi connectivity index (χ4v) is 1.39. The summed E-state index contributed by atoms with van der Waals surface area (Å²) in [5, 5.41) is 8.42. The molecule has 1 aliphatic rings. The van der Waals surface area contributed by atoms with Crippen molar-refractivity contribution in [1.29, 1.82) is 5.26 Å². The number of nitrogens with two attached hydrogens (primary N) is 1. The topological polar surface area (TPSA) is 53.1 Å². The second-order valence-corrected chi connectivity index (χ2v) is 3.07. The molecule has 0 spiro atoms. The Balaban J connectivity index is 2.07. The Bertz CT molecular complexity index is 144. The standard InChI is InChI=1S/C8H15N3/c9-7-8(10)3-6-11-4-1-2-5-11/h8H,1-6,10H2/t8-/m0/s1. The summed E-state index contributed by atoms with van der Waals surface area (Å²) in [5.41, 5.74) is 5.46. The van der Waals surface area contributed by atoms with E-state index in [1.54, 1.807) is 0 Å². The third kappa shape index (κ3) is 2.87. The Morgan fingerprint density at radius 1 is 1.45 bits per heavy atom. The average Bonchev–Trinajstić information content (AvgIpc) is 2.52. The van der Waals surface area contributed by atoms with Gasteiger partial charge < -0.3 is 10.6 Å². The molecular weight excluding hydrogens is 138 g/mol. The van der Waals surface area contributed by atoms with Crippen LogP contribution in [-0.2, 0) is 0 Å².